The van der Waals surface area contributed by atoms with E-state index in [2.05, 4.69) is 52.5 Å². The van der Waals surface area contributed by atoms with Crippen molar-refractivity contribution in [3.63, 3.8) is 0 Å². The SMILES string of the molecule is CC(C)(C)c1ccc(C(C)(C)C)c(OC23OOC2(C(=O)O)O3)c1. The molecular formula is C17H22O6. The molecule has 0 radical (unpaired) electrons. The van der Waals surface area contributed by atoms with Crippen LogP contribution < -0.4 is 4.74 Å². The van der Waals surface area contributed by atoms with E-state index in [4.69, 9.17) is 14.4 Å². The lowest BCUT2D eigenvalue weighted by Crippen LogP contribution is -2.51. The average molecular weight is 322 g/mol. The maximum absolute atomic E-state index is 11.2. The van der Waals surface area contributed by atoms with Crippen LogP contribution in [0, 0.1) is 0 Å². The number of hydrogen-bond acceptors (Lipinski definition) is 5. The first-order valence-electron chi connectivity index (χ1n) is 7.56. The number of benzene rings is 1. The van der Waals surface area contributed by atoms with Crippen molar-refractivity contribution in [3.8, 4) is 5.75 Å². The molecule has 0 amide bonds. The zero-order valence-electron chi connectivity index (χ0n) is 14.2. The van der Waals surface area contributed by atoms with E-state index in [1.165, 1.54) is 0 Å². The minimum absolute atomic E-state index is 0.0720. The van der Waals surface area contributed by atoms with Gasteiger partial charge in [0.2, 0.25) is 0 Å². The summed E-state index contributed by atoms with van der Waals surface area (Å²) in [7, 11) is 0. The fourth-order valence-corrected chi connectivity index (χ4v) is 2.54. The summed E-state index contributed by atoms with van der Waals surface area (Å²) in [5.74, 6) is -4.26. The van der Waals surface area contributed by atoms with Crippen LogP contribution in [-0.2, 0) is 30.1 Å². The van der Waals surface area contributed by atoms with Gasteiger partial charge in [0, 0.05) is 0 Å². The number of carboxylic acids is 1. The Morgan fingerprint density at radius 3 is 2.13 bits per heavy atom. The second-order valence-electron chi connectivity index (χ2n) is 8.06. The van der Waals surface area contributed by atoms with Crippen LogP contribution in [0.4, 0.5) is 0 Å². The predicted octanol–water partition coefficient (Wildman–Crippen LogP) is 3.09. The Kier molecular flexibility index (Phi) is 3.15. The molecule has 126 valence electrons. The van der Waals surface area contributed by atoms with Gasteiger partial charge in [0.1, 0.15) is 5.75 Å². The first kappa shape index (κ1) is 16.2. The van der Waals surface area contributed by atoms with Gasteiger partial charge in [0.05, 0.1) is 0 Å². The summed E-state index contributed by atoms with van der Waals surface area (Å²) in [4.78, 5) is 20.7. The highest BCUT2D eigenvalue weighted by Gasteiger charge is 2.94. The molecule has 2 aliphatic heterocycles. The van der Waals surface area contributed by atoms with E-state index in [0.717, 1.165) is 11.1 Å². The summed E-state index contributed by atoms with van der Waals surface area (Å²) in [6.45, 7) is 12.5. The minimum Gasteiger partial charge on any atom is -0.477 e. The zero-order chi connectivity index (χ0) is 17.3. The Morgan fingerprint density at radius 1 is 1.09 bits per heavy atom. The predicted molar refractivity (Wildman–Crippen MR) is 80.8 cm³/mol. The van der Waals surface area contributed by atoms with E-state index < -0.39 is 17.7 Å². The number of aliphatic carboxylic acids is 1. The van der Waals surface area contributed by atoms with Gasteiger partial charge in [-0.1, -0.05) is 53.7 Å². The highest BCUT2D eigenvalue weighted by molar-refractivity contribution is 5.80. The van der Waals surface area contributed by atoms with Crippen molar-refractivity contribution >= 4 is 5.97 Å². The van der Waals surface area contributed by atoms with E-state index in [0.29, 0.717) is 5.75 Å². The lowest BCUT2D eigenvalue weighted by Gasteiger charge is -2.29. The number of rotatable bonds is 3. The smallest absolute Gasteiger partial charge is 0.429 e. The van der Waals surface area contributed by atoms with Crippen molar-refractivity contribution in [1.29, 1.82) is 0 Å². The van der Waals surface area contributed by atoms with E-state index in [-0.39, 0.29) is 10.8 Å². The van der Waals surface area contributed by atoms with Gasteiger partial charge in [-0.15, -0.1) is 4.89 Å². The summed E-state index contributed by atoms with van der Waals surface area (Å²) in [5, 5.41) is 9.18. The molecule has 6 nitrogen and oxygen atoms in total. The highest BCUT2D eigenvalue weighted by atomic mass is 17.4. The number of carbonyl (C=O) groups is 1. The van der Waals surface area contributed by atoms with Crippen LogP contribution in [0.1, 0.15) is 52.7 Å². The van der Waals surface area contributed by atoms with E-state index in [1.54, 1.807) is 0 Å². The van der Waals surface area contributed by atoms with E-state index in [1.807, 2.05) is 12.1 Å². The van der Waals surface area contributed by atoms with E-state index in [9.17, 15) is 9.90 Å². The number of carboxylic acid groups (broad SMARTS) is 1. The summed E-state index contributed by atoms with van der Waals surface area (Å²) in [5.41, 5.74) is 1.74. The van der Waals surface area contributed by atoms with Crippen molar-refractivity contribution in [2.24, 2.45) is 0 Å². The standard InChI is InChI=1S/C17H22O6/c1-14(2,3)10-7-8-11(15(4,5)6)12(9-10)20-17-16(21-17,13(18)19)22-23-17/h7-9H,1-6H3,(H,18,19). The third kappa shape index (κ3) is 2.33. The van der Waals surface area contributed by atoms with Crippen LogP contribution in [0.3, 0.4) is 0 Å². The fraction of sp³-hybridized carbons (Fsp3) is 0.588. The largest absolute Gasteiger partial charge is 0.477 e. The Hall–Kier alpha value is -1.63. The highest BCUT2D eigenvalue weighted by Crippen LogP contribution is 2.60. The molecule has 2 atom stereocenters. The second kappa shape index (κ2) is 4.47. The maximum Gasteiger partial charge on any atom is 0.429 e. The fourth-order valence-electron chi connectivity index (χ4n) is 2.54. The van der Waals surface area contributed by atoms with Crippen molar-refractivity contribution < 1.29 is 29.1 Å². The molecule has 3 rings (SSSR count). The van der Waals surface area contributed by atoms with Gasteiger partial charge in [-0.05, 0) is 28.0 Å². The van der Waals surface area contributed by atoms with Gasteiger partial charge >= 0.3 is 17.7 Å². The van der Waals surface area contributed by atoms with Crippen molar-refractivity contribution in [3.05, 3.63) is 29.3 Å². The quantitative estimate of drug-likeness (QED) is 0.680. The van der Waals surface area contributed by atoms with Gasteiger partial charge in [0.15, 0.2) is 0 Å². The molecule has 0 bridgehead atoms. The van der Waals surface area contributed by atoms with Crippen LogP contribution in [0.2, 0.25) is 0 Å². The first-order chi connectivity index (χ1) is 10.4. The monoisotopic (exact) mass is 322 g/mol. The topological polar surface area (TPSA) is 77.5 Å². The first-order valence-corrected chi connectivity index (χ1v) is 7.56. The Labute approximate surface area is 135 Å². The van der Waals surface area contributed by atoms with Gasteiger partial charge < -0.3 is 9.84 Å². The molecule has 1 aromatic rings. The molecule has 0 aromatic heterocycles. The number of epoxide rings is 1. The number of hydrogen-bond donors (Lipinski definition) is 1. The molecule has 2 unspecified atom stereocenters. The molecule has 2 fully saturated rings. The molecule has 2 aliphatic rings. The maximum atomic E-state index is 11.2. The molecule has 1 N–H and O–H groups in total. The van der Waals surface area contributed by atoms with Gasteiger partial charge in [-0.25, -0.2) is 4.79 Å². The lowest BCUT2D eigenvalue weighted by atomic mass is 9.81. The molecule has 0 spiro atoms. The average Bonchev–Trinajstić information content (AvgIpc) is 2.85. The molecule has 2 heterocycles. The van der Waals surface area contributed by atoms with Crippen molar-refractivity contribution in [2.75, 3.05) is 0 Å². The van der Waals surface area contributed by atoms with Gasteiger partial charge in [-0.3, -0.25) is 4.74 Å². The number of ether oxygens (including phenoxy) is 2. The normalized spacial score (nSPS) is 29.5. The Bertz CT molecular complexity index is 669. The van der Waals surface area contributed by atoms with Crippen LogP contribution in [-0.4, -0.2) is 22.8 Å². The number of fused-ring (bicyclic) bond motifs is 1. The zero-order valence-corrected chi connectivity index (χ0v) is 14.2. The van der Waals surface area contributed by atoms with Gasteiger partial charge in [0.25, 0.3) is 0 Å². The van der Waals surface area contributed by atoms with Crippen LogP contribution in [0.25, 0.3) is 0 Å². The third-order valence-corrected chi connectivity index (χ3v) is 4.09. The Balaban J connectivity index is 1.99. The molecule has 1 aromatic carbocycles. The summed E-state index contributed by atoms with van der Waals surface area (Å²) in [6.07, 6.45) is 0. The molecule has 2 saturated heterocycles. The molecule has 0 aliphatic carbocycles. The van der Waals surface area contributed by atoms with Crippen LogP contribution in [0.5, 0.6) is 5.75 Å². The van der Waals surface area contributed by atoms with Crippen LogP contribution >= 0.6 is 0 Å². The molecule has 6 heteroatoms. The third-order valence-electron chi connectivity index (χ3n) is 4.09. The lowest BCUT2D eigenvalue weighted by molar-refractivity contribution is -0.495. The minimum atomic E-state index is -1.85. The van der Waals surface area contributed by atoms with Gasteiger partial charge in [-0.2, -0.15) is 4.89 Å². The molecule has 0 saturated carbocycles. The molecular weight excluding hydrogens is 300 g/mol. The van der Waals surface area contributed by atoms with Crippen molar-refractivity contribution in [2.45, 2.75) is 64.1 Å². The van der Waals surface area contributed by atoms with Crippen molar-refractivity contribution in [1.82, 2.24) is 0 Å². The summed E-state index contributed by atoms with van der Waals surface area (Å²) in [6, 6.07) is 5.96. The second-order valence-corrected chi connectivity index (χ2v) is 8.06. The summed E-state index contributed by atoms with van der Waals surface area (Å²) < 4.78 is 10.9. The van der Waals surface area contributed by atoms with Crippen LogP contribution in [0.15, 0.2) is 18.2 Å². The Morgan fingerprint density at radius 2 is 1.74 bits per heavy atom. The molecule has 23 heavy (non-hydrogen) atoms. The van der Waals surface area contributed by atoms with E-state index >= 15 is 0 Å². The summed E-state index contributed by atoms with van der Waals surface area (Å²) >= 11 is 0.